The summed E-state index contributed by atoms with van der Waals surface area (Å²) >= 11 is 0. The second-order valence-corrected chi connectivity index (χ2v) is 19.9. The van der Waals surface area contributed by atoms with E-state index in [0.29, 0.717) is 28.2 Å². The standard InChI is InChI=1S/C53H59N6O19P/c1-32-27-58(51(66)56-49(32)64)47-25-42(43(75-47)29-72-53(36-10-7-6-8-11-36,37-13-17-39(69-4)18-14-37)38-15-19-40(70-5)20-16-38)78-79(68,73-23-9-22-54)74-30-44-41(77-48(63)21-12-33(2)60)24-46(76-44)59-28-35(50(65)57-52(59)67)26-55-45(62)31-71-34(3)61/h6-8,10-11,13-20,27-28,41-44,46-47H,9,12,21,23-26,29-31H2,1-5H3,(H,55,62)(H,56,64,66)(H,57,65,67)/t41?,42?,43-,44-,46-,47-,79?/m1/s1. The number of hydrogen-bond acceptors (Lipinski definition) is 20. The maximum absolute atomic E-state index is 15.2. The molecule has 2 aliphatic heterocycles. The zero-order valence-electron chi connectivity index (χ0n) is 43.7. The van der Waals surface area contributed by atoms with Gasteiger partial charge in [-0.2, -0.15) is 5.26 Å². The number of nitrogens with one attached hydrogen (secondary N) is 3. The molecule has 2 saturated heterocycles. The highest BCUT2D eigenvalue weighted by Gasteiger charge is 2.48. The van der Waals surface area contributed by atoms with Crippen molar-refractivity contribution >= 4 is 31.5 Å². The van der Waals surface area contributed by atoms with Crippen LogP contribution in [0.1, 0.15) is 86.2 Å². The number of hydrogen-bond donors (Lipinski definition) is 3. The molecule has 420 valence electrons. The van der Waals surface area contributed by atoms with Crippen LogP contribution in [0.5, 0.6) is 11.5 Å². The molecule has 0 aliphatic carbocycles. The number of aryl methyl sites for hydroxylation is 1. The minimum Gasteiger partial charge on any atom is -0.497 e. The Morgan fingerprint density at radius 3 is 1.91 bits per heavy atom. The predicted octanol–water partition coefficient (Wildman–Crippen LogP) is 3.90. The van der Waals surface area contributed by atoms with Crippen LogP contribution < -0.4 is 37.3 Å². The topological polar surface area (TPSA) is 323 Å². The molecule has 2 fully saturated rings. The molecule has 3 aromatic carbocycles. The highest BCUT2D eigenvalue weighted by Crippen LogP contribution is 2.54. The van der Waals surface area contributed by atoms with Crippen LogP contribution in [0, 0.1) is 18.3 Å². The highest BCUT2D eigenvalue weighted by atomic mass is 31.2. The van der Waals surface area contributed by atoms with Gasteiger partial charge in [0.2, 0.25) is 0 Å². The second-order valence-electron chi connectivity index (χ2n) is 18.3. The lowest BCUT2D eigenvalue weighted by Crippen LogP contribution is -2.38. The zero-order chi connectivity index (χ0) is 56.9. The van der Waals surface area contributed by atoms with Crippen molar-refractivity contribution in [3.05, 3.63) is 161 Å². The zero-order valence-corrected chi connectivity index (χ0v) is 44.6. The summed E-state index contributed by atoms with van der Waals surface area (Å²) < 4.78 is 76.7. The van der Waals surface area contributed by atoms with Gasteiger partial charge in [0.1, 0.15) is 59.8 Å². The van der Waals surface area contributed by atoms with Gasteiger partial charge >= 0.3 is 31.1 Å². The van der Waals surface area contributed by atoms with Gasteiger partial charge in [-0.15, -0.1) is 0 Å². The van der Waals surface area contributed by atoms with Crippen molar-refractivity contribution in [2.45, 2.75) is 102 Å². The first-order chi connectivity index (χ1) is 37.8. The molecule has 79 heavy (non-hydrogen) atoms. The Balaban J connectivity index is 1.23. The smallest absolute Gasteiger partial charge is 0.475 e. The van der Waals surface area contributed by atoms with Crippen LogP contribution in [0.25, 0.3) is 0 Å². The molecule has 26 heteroatoms. The summed E-state index contributed by atoms with van der Waals surface area (Å²) in [6.07, 6.45) is -6.48. The van der Waals surface area contributed by atoms with E-state index in [1.165, 1.54) is 34.3 Å². The largest absolute Gasteiger partial charge is 0.497 e. The Kier molecular flexibility index (Phi) is 19.9. The van der Waals surface area contributed by atoms with Gasteiger partial charge in [0, 0.05) is 50.7 Å². The van der Waals surface area contributed by atoms with Gasteiger partial charge in [-0.3, -0.25) is 56.6 Å². The summed E-state index contributed by atoms with van der Waals surface area (Å²) in [5.41, 5.74) is -2.67. The minimum absolute atomic E-state index is 0.123. The second kappa shape index (κ2) is 26.7. The van der Waals surface area contributed by atoms with E-state index in [0.717, 1.165) is 22.3 Å². The molecule has 7 atom stereocenters. The lowest BCUT2D eigenvalue weighted by Gasteiger charge is -2.37. The van der Waals surface area contributed by atoms with E-state index in [4.69, 9.17) is 42.0 Å². The number of phosphoric ester groups is 1. The molecule has 1 amide bonds. The van der Waals surface area contributed by atoms with Gasteiger partial charge in [-0.25, -0.2) is 14.2 Å². The SMILES string of the molecule is COc1ccc(C(OC[C@H]2O[C@@H](n3cc(C)c(=O)[nH]c3=O)CC2OP(=O)(OCCC#N)OC[C@H]2O[C@@H](n3cc(CNC(=O)COC(C)=O)c(=O)[nH]c3=O)CC2OC(=O)CCC(C)=O)(c2ccccc2)c2ccc(OC)cc2)cc1. The van der Waals surface area contributed by atoms with E-state index in [9.17, 15) is 43.6 Å². The minimum atomic E-state index is -4.94. The van der Waals surface area contributed by atoms with Gasteiger partial charge in [0.25, 0.3) is 17.0 Å². The molecule has 3 unspecified atom stereocenters. The number of ether oxygens (including phenoxy) is 7. The third-order valence-electron chi connectivity index (χ3n) is 12.8. The third kappa shape index (κ3) is 14.9. The number of nitrogens with zero attached hydrogens (tertiary/aromatic N) is 3. The molecule has 3 N–H and O–H groups in total. The summed E-state index contributed by atoms with van der Waals surface area (Å²) in [5.74, 6) is -1.45. The van der Waals surface area contributed by atoms with Gasteiger partial charge in [-0.05, 0) is 54.8 Å². The Morgan fingerprint density at radius 1 is 0.759 bits per heavy atom. The first-order valence-corrected chi connectivity index (χ1v) is 26.3. The molecule has 5 aromatic rings. The van der Waals surface area contributed by atoms with Crippen molar-refractivity contribution < 1.29 is 70.5 Å². The summed E-state index contributed by atoms with van der Waals surface area (Å²) in [6.45, 7) is 1.28. The lowest BCUT2D eigenvalue weighted by atomic mass is 9.80. The summed E-state index contributed by atoms with van der Waals surface area (Å²) in [5, 5.41) is 11.9. The van der Waals surface area contributed by atoms with E-state index >= 15 is 4.57 Å². The molecular weight excluding hydrogens is 1060 g/mol. The number of Topliss-reactive ketones (excluding diaryl/α,β-unsaturated/α-hetero) is 1. The van der Waals surface area contributed by atoms with Gasteiger partial charge in [0.05, 0.1) is 58.5 Å². The number of phosphoric acid groups is 1. The van der Waals surface area contributed by atoms with Crippen LogP contribution in [-0.4, -0.2) is 108 Å². The molecule has 0 radical (unpaired) electrons. The summed E-state index contributed by atoms with van der Waals surface area (Å²) in [4.78, 5) is 105. The number of benzene rings is 3. The summed E-state index contributed by atoms with van der Waals surface area (Å²) in [7, 11) is -1.86. The van der Waals surface area contributed by atoms with Crippen LogP contribution in [0.4, 0.5) is 0 Å². The molecule has 0 saturated carbocycles. The number of aromatic amines is 2. The molecule has 7 rings (SSSR count). The number of carbonyl (C=O) groups is 4. The third-order valence-corrected chi connectivity index (χ3v) is 14.3. The Bertz CT molecular complexity index is 3250. The Labute approximate surface area is 451 Å². The molecule has 2 aliphatic rings. The van der Waals surface area contributed by atoms with Crippen LogP contribution in [0.3, 0.4) is 0 Å². The van der Waals surface area contributed by atoms with Crippen molar-refractivity contribution in [2.24, 2.45) is 0 Å². The van der Waals surface area contributed by atoms with Crippen molar-refractivity contribution in [2.75, 3.05) is 40.6 Å². The molecule has 2 aromatic heterocycles. The average Bonchev–Trinajstić information content (AvgIpc) is 4.04. The first kappa shape index (κ1) is 58.9. The normalized spacial score (nSPS) is 19.6. The monoisotopic (exact) mass is 1110 g/mol. The van der Waals surface area contributed by atoms with Crippen molar-refractivity contribution in [1.29, 1.82) is 5.26 Å². The highest BCUT2D eigenvalue weighted by molar-refractivity contribution is 7.48. The number of aromatic nitrogens is 4. The average molecular weight is 1120 g/mol. The van der Waals surface area contributed by atoms with E-state index < -0.39 is 117 Å². The van der Waals surface area contributed by atoms with E-state index in [1.807, 2.05) is 60.7 Å². The Hall–Kier alpha value is -7.82. The van der Waals surface area contributed by atoms with Crippen molar-refractivity contribution in [3.63, 3.8) is 0 Å². The Morgan fingerprint density at radius 2 is 1.33 bits per heavy atom. The number of nitriles is 1. The van der Waals surface area contributed by atoms with Gasteiger partial charge < -0.3 is 43.3 Å². The fraction of sp³-hybridized carbons (Fsp3) is 0.415. The molecular formula is C53H59N6O19P. The van der Waals surface area contributed by atoms with Crippen LogP contribution in [-0.2, 0) is 73.1 Å². The molecule has 25 nitrogen and oxygen atoms in total. The van der Waals surface area contributed by atoms with Gasteiger partial charge in [-0.1, -0.05) is 54.6 Å². The maximum Gasteiger partial charge on any atom is 0.475 e. The quantitative estimate of drug-likeness (QED) is 0.0306. The molecule has 0 bridgehead atoms. The lowest BCUT2D eigenvalue weighted by molar-refractivity contribution is -0.153. The number of methoxy groups -OCH3 is 2. The van der Waals surface area contributed by atoms with Crippen molar-refractivity contribution in [3.8, 4) is 17.6 Å². The van der Waals surface area contributed by atoms with Crippen LogP contribution >= 0.6 is 7.82 Å². The first-order valence-electron chi connectivity index (χ1n) is 24.8. The number of carbonyl (C=O) groups excluding carboxylic acids is 4. The molecule has 0 spiro atoms. The fourth-order valence-electron chi connectivity index (χ4n) is 8.78. The van der Waals surface area contributed by atoms with Crippen molar-refractivity contribution in [1.82, 2.24) is 24.4 Å². The van der Waals surface area contributed by atoms with Crippen LogP contribution in [0.2, 0.25) is 0 Å². The number of rotatable bonds is 26. The summed E-state index contributed by atoms with van der Waals surface area (Å²) in [6, 6.07) is 25.6. The van der Waals surface area contributed by atoms with E-state index in [2.05, 4.69) is 20.0 Å². The number of H-pyrrole nitrogens is 2. The predicted molar refractivity (Wildman–Crippen MR) is 276 cm³/mol. The van der Waals surface area contributed by atoms with Gasteiger partial charge in [0.15, 0.2) is 6.61 Å². The van der Waals surface area contributed by atoms with E-state index in [1.54, 1.807) is 24.3 Å². The number of ketones is 1. The van der Waals surface area contributed by atoms with E-state index in [-0.39, 0.29) is 55.6 Å². The maximum atomic E-state index is 15.2. The number of esters is 2. The molecule has 4 heterocycles. The fourth-order valence-corrected chi connectivity index (χ4v) is 10.2. The van der Waals surface area contributed by atoms with Crippen LogP contribution in [0.15, 0.2) is 110 Å². The number of amides is 1.